The molecule has 0 aliphatic carbocycles. The molecule has 0 N–H and O–H groups in total. The molecule has 0 saturated heterocycles. The number of aryl methyl sites for hydroxylation is 1. The molecule has 0 amide bonds. The molecule has 1 aliphatic rings. The minimum atomic E-state index is 0.874. The number of aromatic nitrogens is 2. The van der Waals surface area contributed by atoms with E-state index in [2.05, 4.69) is 55.1 Å². The summed E-state index contributed by atoms with van der Waals surface area (Å²) in [4.78, 5) is 12.8. The standard InChI is InChI=1S/C17H16BrN3S/c1-11-19-8-12-9-21(7-6-14(12)20-11)10-16-17(18)13-4-2-3-5-15(13)22-16/h2-5,8H,6-7,9-10H2,1H3. The summed E-state index contributed by atoms with van der Waals surface area (Å²) in [6, 6.07) is 8.57. The summed E-state index contributed by atoms with van der Waals surface area (Å²) in [5.74, 6) is 0.874. The number of rotatable bonds is 2. The fourth-order valence-corrected chi connectivity index (χ4v) is 4.96. The van der Waals surface area contributed by atoms with Crippen LogP contribution in [-0.2, 0) is 19.5 Å². The highest BCUT2D eigenvalue weighted by atomic mass is 79.9. The first kappa shape index (κ1) is 14.3. The Morgan fingerprint density at radius 2 is 2.18 bits per heavy atom. The molecule has 112 valence electrons. The van der Waals surface area contributed by atoms with Crippen molar-refractivity contribution in [3.05, 3.63) is 56.9 Å². The summed E-state index contributed by atoms with van der Waals surface area (Å²) in [6.07, 6.45) is 3.00. The molecule has 1 aliphatic heterocycles. The Hall–Kier alpha value is -1.30. The van der Waals surface area contributed by atoms with Crippen LogP contribution in [0.25, 0.3) is 10.1 Å². The maximum absolute atomic E-state index is 4.56. The van der Waals surface area contributed by atoms with Gasteiger partial charge in [0.2, 0.25) is 0 Å². The molecular formula is C17H16BrN3S. The van der Waals surface area contributed by atoms with Gasteiger partial charge in [-0.2, -0.15) is 0 Å². The van der Waals surface area contributed by atoms with Gasteiger partial charge >= 0.3 is 0 Å². The first-order valence-electron chi connectivity index (χ1n) is 7.40. The van der Waals surface area contributed by atoms with Gasteiger partial charge in [0.05, 0.1) is 0 Å². The number of hydrogen-bond acceptors (Lipinski definition) is 4. The summed E-state index contributed by atoms with van der Waals surface area (Å²) in [6.45, 7) is 4.94. The lowest BCUT2D eigenvalue weighted by molar-refractivity contribution is 0.244. The second-order valence-corrected chi connectivity index (χ2v) is 7.61. The minimum Gasteiger partial charge on any atom is -0.293 e. The van der Waals surface area contributed by atoms with Crippen LogP contribution in [0, 0.1) is 6.92 Å². The second-order valence-electron chi connectivity index (χ2n) is 5.69. The molecular weight excluding hydrogens is 358 g/mol. The van der Waals surface area contributed by atoms with Gasteiger partial charge in [-0.15, -0.1) is 11.3 Å². The van der Waals surface area contributed by atoms with Gasteiger partial charge in [-0.1, -0.05) is 18.2 Å². The van der Waals surface area contributed by atoms with E-state index in [9.17, 15) is 0 Å². The molecule has 0 radical (unpaired) electrons. The van der Waals surface area contributed by atoms with Crippen molar-refractivity contribution in [2.24, 2.45) is 0 Å². The first-order chi connectivity index (χ1) is 10.7. The zero-order chi connectivity index (χ0) is 15.1. The summed E-state index contributed by atoms with van der Waals surface area (Å²) in [7, 11) is 0. The maximum Gasteiger partial charge on any atom is 0.125 e. The van der Waals surface area contributed by atoms with Gasteiger partial charge in [-0.05, 0) is 28.9 Å². The highest BCUT2D eigenvalue weighted by Crippen LogP contribution is 2.36. The lowest BCUT2D eigenvalue weighted by Crippen LogP contribution is -2.30. The van der Waals surface area contributed by atoms with Crippen LogP contribution < -0.4 is 0 Å². The van der Waals surface area contributed by atoms with Crippen molar-refractivity contribution < 1.29 is 0 Å². The quantitative estimate of drug-likeness (QED) is 0.669. The number of thiophene rings is 1. The SMILES string of the molecule is Cc1ncc2c(n1)CCN(Cc1sc3ccccc3c1Br)C2. The van der Waals surface area contributed by atoms with E-state index in [4.69, 9.17) is 0 Å². The van der Waals surface area contributed by atoms with E-state index < -0.39 is 0 Å². The Labute approximate surface area is 142 Å². The van der Waals surface area contributed by atoms with Gasteiger partial charge < -0.3 is 0 Å². The third-order valence-corrected chi connectivity index (χ3v) is 6.43. The Balaban J connectivity index is 1.59. The molecule has 1 aromatic carbocycles. The van der Waals surface area contributed by atoms with Crippen LogP contribution in [-0.4, -0.2) is 21.4 Å². The molecule has 0 spiro atoms. The van der Waals surface area contributed by atoms with E-state index in [1.54, 1.807) is 0 Å². The maximum atomic E-state index is 4.56. The molecule has 3 aromatic rings. The second kappa shape index (κ2) is 5.72. The topological polar surface area (TPSA) is 29.0 Å². The summed E-state index contributed by atoms with van der Waals surface area (Å²) in [5.41, 5.74) is 2.49. The normalized spacial score (nSPS) is 15.2. The summed E-state index contributed by atoms with van der Waals surface area (Å²) >= 11 is 5.66. The van der Waals surface area contributed by atoms with Crippen molar-refractivity contribution in [3.63, 3.8) is 0 Å². The number of fused-ring (bicyclic) bond motifs is 2. The molecule has 0 fully saturated rings. The van der Waals surface area contributed by atoms with Crippen LogP contribution in [0.2, 0.25) is 0 Å². The van der Waals surface area contributed by atoms with Gasteiger partial charge in [0, 0.05) is 62.9 Å². The molecule has 0 saturated carbocycles. The van der Waals surface area contributed by atoms with E-state index in [-0.39, 0.29) is 0 Å². The van der Waals surface area contributed by atoms with Crippen molar-refractivity contribution >= 4 is 37.4 Å². The molecule has 0 unspecified atom stereocenters. The minimum absolute atomic E-state index is 0.874. The Bertz CT molecular complexity index is 843. The van der Waals surface area contributed by atoms with Crippen LogP contribution in [0.5, 0.6) is 0 Å². The third-order valence-electron chi connectivity index (χ3n) is 4.10. The largest absolute Gasteiger partial charge is 0.293 e. The Morgan fingerprint density at radius 1 is 1.32 bits per heavy atom. The first-order valence-corrected chi connectivity index (χ1v) is 9.01. The van der Waals surface area contributed by atoms with Crippen LogP contribution >= 0.6 is 27.3 Å². The third kappa shape index (κ3) is 2.57. The van der Waals surface area contributed by atoms with Crippen molar-refractivity contribution in [1.29, 1.82) is 0 Å². The molecule has 2 aromatic heterocycles. The van der Waals surface area contributed by atoms with E-state index in [1.807, 2.05) is 24.5 Å². The average molecular weight is 374 g/mol. The van der Waals surface area contributed by atoms with Crippen molar-refractivity contribution in [2.75, 3.05) is 6.54 Å². The lowest BCUT2D eigenvalue weighted by atomic mass is 10.1. The van der Waals surface area contributed by atoms with Crippen molar-refractivity contribution in [3.8, 4) is 0 Å². The van der Waals surface area contributed by atoms with Gasteiger partial charge in [-0.25, -0.2) is 9.97 Å². The number of benzene rings is 1. The van der Waals surface area contributed by atoms with Crippen LogP contribution in [0.4, 0.5) is 0 Å². The fourth-order valence-electron chi connectivity index (χ4n) is 2.98. The molecule has 3 heterocycles. The predicted octanol–water partition coefficient (Wildman–Crippen LogP) is 4.32. The number of halogens is 1. The fraction of sp³-hybridized carbons (Fsp3) is 0.294. The van der Waals surface area contributed by atoms with Crippen LogP contribution in [0.3, 0.4) is 0 Å². The molecule has 22 heavy (non-hydrogen) atoms. The molecule has 4 rings (SSSR count). The molecule has 3 nitrogen and oxygen atoms in total. The number of nitrogens with zero attached hydrogens (tertiary/aromatic N) is 3. The highest BCUT2D eigenvalue weighted by molar-refractivity contribution is 9.10. The van der Waals surface area contributed by atoms with Crippen LogP contribution in [0.1, 0.15) is 22.0 Å². The van der Waals surface area contributed by atoms with Gasteiger partial charge in [0.1, 0.15) is 5.82 Å². The zero-order valence-corrected chi connectivity index (χ0v) is 14.7. The molecule has 5 heteroatoms. The van der Waals surface area contributed by atoms with Gasteiger partial charge in [0.15, 0.2) is 0 Å². The van der Waals surface area contributed by atoms with Crippen molar-refractivity contribution in [1.82, 2.24) is 14.9 Å². The Kier molecular flexibility index (Phi) is 3.72. The van der Waals surface area contributed by atoms with Gasteiger partial charge in [-0.3, -0.25) is 4.90 Å². The highest BCUT2D eigenvalue weighted by Gasteiger charge is 2.20. The zero-order valence-electron chi connectivity index (χ0n) is 12.3. The lowest BCUT2D eigenvalue weighted by Gasteiger charge is -2.27. The summed E-state index contributed by atoms with van der Waals surface area (Å²) in [5, 5.41) is 1.32. The van der Waals surface area contributed by atoms with E-state index in [0.29, 0.717) is 0 Å². The average Bonchev–Trinajstić information content (AvgIpc) is 2.84. The van der Waals surface area contributed by atoms with Crippen molar-refractivity contribution in [2.45, 2.75) is 26.4 Å². The monoisotopic (exact) mass is 373 g/mol. The summed E-state index contributed by atoms with van der Waals surface area (Å²) < 4.78 is 2.60. The predicted molar refractivity (Wildman–Crippen MR) is 94.1 cm³/mol. The van der Waals surface area contributed by atoms with Crippen LogP contribution in [0.15, 0.2) is 34.9 Å². The van der Waals surface area contributed by atoms with Gasteiger partial charge in [0.25, 0.3) is 0 Å². The van der Waals surface area contributed by atoms with E-state index in [1.165, 1.54) is 30.7 Å². The number of hydrogen-bond donors (Lipinski definition) is 0. The van der Waals surface area contributed by atoms with E-state index in [0.717, 1.165) is 31.9 Å². The van der Waals surface area contributed by atoms with E-state index >= 15 is 0 Å². The molecule has 0 bridgehead atoms. The Morgan fingerprint density at radius 3 is 3.05 bits per heavy atom. The smallest absolute Gasteiger partial charge is 0.125 e. The molecule has 0 atom stereocenters.